The second-order valence-electron chi connectivity index (χ2n) is 7.86. The van der Waals surface area contributed by atoms with Crippen LogP contribution >= 0.6 is 11.3 Å². The van der Waals surface area contributed by atoms with E-state index in [1.165, 1.54) is 11.3 Å². The van der Waals surface area contributed by atoms with Crippen molar-refractivity contribution >= 4 is 44.2 Å². The number of ether oxygens (including phenoxy) is 2. The van der Waals surface area contributed by atoms with Crippen molar-refractivity contribution in [3.63, 3.8) is 0 Å². The van der Waals surface area contributed by atoms with Crippen molar-refractivity contribution in [3.8, 4) is 11.5 Å². The number of fused-ring (bicyclic) bond motifs is 1. The molecule has 0 aliphatic heterocycles. The maximum Gasteiger partial charge on any atom is 0.257 e. The van der Waals surface area contributed by atoms with E-state index in [4.69, 9.17) is 9.47 Å². The van der Waals surface area contributed by atoms with Gasteiger partial charge in [0.25, 0.3) is 11.8 Å². The second-order valence-corrected chi connectivity index (χ2v) is 8.89. The molecule has 4 aromatic rings. The van der Waals surface area contributed by atoms with Crippen LogP contribution in [0.4, 0.5) is 10.8 Å². The van der Waals surface area contributed by atoms with Crippen LogP contribution in [-0.2, 0) is 0 Å². The number of benzene rings is 3. The van der Waals surface area contributed by atoms with Gasteiger partial charge in [0.05, 0.1) is 23.4 Å². The van der Waals surface area contributed by atoms with Crippen molar-refractivity contribution < 1.29 is 19.1 Å². The largest absolute Gasteiger partial charge is 0.494 e. The molecular formula is C27H27N3O4S. The number of hydrogen-bond acceptors (Lipinski definition) is 6. The summed E-state index contributed by atoms with van der Waals surface area (Å²) in [7, 11) is 0. The van der Waals surface area contributed by atoms with Gasteiger partial charge in [-0.25, -0.2) is 4.98 Å². The summed E-state index contributed by atoms with van der Waals surface area (Å²) >= 11 is 1.35. The molecule has 0 fully saturated rings. The molecule has 2 N–H and O–H groups in total. The van der Waals surface area contributed by atoms with Gasteiger partial charge in [-0.2, -0.15) is 0 Å². The van der Waals surface area contributed by atoms with E-state index in [9.17, 15) is 9.59 Å². The Labute approximate surface area is 208 Å². The normalized spacial score (nSPS) is 10.7. The summed E-state index contributed by atoms with van der Waals surface area (Å²) < 4.78 is 12.0. The Morgan fingerprint density at radius 2 is 1.31 bits per heavy atom. The van der Waals surface area contributed by atoms with Gasteiger partial charge in [0.2, 0.25) is 0 Å². The van der Waals surface area contributed by atoms with Gasteiger partial charge in [0, 0.05) is 16.8 Å². The van der Waals surface area contributed by atoms with Gasteiger partial charge >= 0.3 is 0 Å². The lowest BCUT2D eigenvalue weighted by molar-refractivity contribution is 0.101. The minimum atomic E-state index is -0.244. The van der Waals surface area contributed by atoms with Crippen LogP contribution in [0.3, 0.4) is 0 Å². The zero-order valence-electron chi connectivity index (χ0n) is 19.7. The van der Waals surface area contributed by atoms with Crippen LogP contribution in [0.5, 0.6) is 11.5 Å². The number of hydrogen-bond donors (Lipinski definition) is 2. The monoisotopic (exact) mass is 489 g/mol. The molecule has 0 aliphatic rings. The Bertz CT molecular complexity index is 1240. The molecule has 0 saturated carbocycles. The van der Waals surface area contributed by atoms with E-state index < -0.39 is 0 Å². The third kappa shape index (κ3) is 6.36. The average molecular weight is 490 g/mol. The molecule has 4 rings (SSSR count). The molecule has 0 aliphatic carbocycles. The zero-order chi connectivity index (χ0) is 24.6. The fourth-order valence-corrected chi connectivity index (χ4v) is 4.17. The molecule has 0 spiro atoms. The molecule has 2 amide bonds. The number of rotatable bonds is 10. The van der Waals surface area contributed by atoms with E-state index in [0.29, 0.717) is 35.2 Å². The molecule has 8 heteroatoms. The first-order valence-corrected chi connectivity index (χ1v) is 12.4. The van der Waals surface area contributed by atoms with E-state index in [1.807, 2.05) is 26.0 Å². The molecule has 0 unspecified atom stereocenters. The van der Waals surface area contributed by atoms with Gasteiger partial charge in [-0.1, -0.05) is 25.2 Å². The number of aromatic nitrogens is 1. The molecular weight excluding hydrogens is 462 g/mol. The van der Waals surface area contributed by atoms with Crippen LogP contribution < -0.4 is 20.1 Å². The zero-order valence-corrected chi connectivity index (χ0v) is 20.5. The lowest BCUT2D eigenvalue weighted by Gasteiger charge is -2.07. The van der Waals surface area contributed by atoms with Crippen molar-refractivity contribution in [2.75, 3.05) is 23.8 Å². The van der Waals surface area contributed by atoms with Gasteiger partial charge in [-0.05, 0) is 79.6 Å². The summed E-state index contributed by atoms with van der Waals surface area (Å²) in [4.78, 5) is 29.7. The molecule has 0 atom stereocenters. The quantitative estimate of drug-likeness (QED) is 0.270. The van der Waals surface area contributed by atoms with Crippen molar-refractivity contribution in [2.24, 2.45) is 0 Å². The van der Waals surface area contributed by atoms with E-state index in [2.05, 4.69) is 15.6 Å². The molecule has 0 bridgehead atoms. The summed E-state index contributed by atoms with van der Waals surface area (Å²) in [5.74, 6) is 1.02. The van der Waals surface area contributed by atoms with Crippen LogP contribution in [0.15, 0.2) is 66.7 Å². The number of carbonyl (C=O) groups is 2. The molecule has 35 heavy (non-hydrogen) atoms. The van der Waals surface area contributed by atoms with Crippen molar-refractivity contribution in [1.29, 1.82) is 0 Å². The molecule has 180 valence electrons. The van der Waals surface area contributed by atoms with Gasteiger partial charge in [-0.3, -0.25) is 14.9 Å². The predicted molar refractivity (Wildman–Crippen MR) is 140 cm³/mol. The minimum absolute atomic E-state index is 0.212. The minimum Gasteiger partial charge on any atom is -0.494 e. The third-order valence-corrected chi connectivity index (χ3v) is 5.98. The van der Waals surface area contributed by atoms with Gasteiger partial charge in [-0.15, -0.1) is 0 Å². The highest BCUT2D eigenvalue weighted by Gasteiger charge is 2.12. The van der Waals surface area contributed by atoms with Crippen LogP contribution in [0.25, 0.3) is 10.2 Å². The molecule has 3 aromatic carbocycles. The number of amides is 2. The second kappa shape index (κ2) is 11.5. The van der Waals surface area contributed by atoms with Crippen molar-refractivity contribution in [1.82, 2.24) is 4.98 Å². The smallest absolute Gasteiger partial charge is 0.257 e. The number of carbonyl (C=O) groups excluding carboxylic acids is 2. The predicted octanol–water partition coefficient (Wildman–Crippen LogP) is 6.38. The number of nitrogens with zero attached hydrogens (tertiary/aromatic N) is 1. The summed E-state index contributed by atoms with van der Waals surface area (Å²) in [6.07, 6.45) is 1.85. The third-order valence-electron chi connectivity index (χ3n) is 5.05. The lowest BCUT2D eigenvalue weighted by Crippen LogP contribution is -2.11. The van der Waals surface area contributed by atoms with Crippen LogP contribution in [0.2, 0.25) is 0 Å². The summed E-state index contributed by atoms with van der Waals surface area (Å²) in [5.41, 5.74) is 2.45. The lowest BCUT2D eigenvalue weighted by atomic mass is 10.2. The number of nitrogens with one attached hydrogen (secondary N) is 2. The van der Waals surface area contributed by atoms with Gasteiger partial charge < -0.3 is 14.8 Å². The summed E-state index contributed by atoms with van der Waals surface area (Å²) in [6.45, 7) is 5.37. The highest BCUT2D eigenvalue weighted by atomic mass is 32.1. The van der Waals surface area contributed by atoms with Crippen molar-refractivity contribution in [3.05, 3.63) is 77.9 Å². The highest BCUT2D eigenvalue weighted by Crippen LogP contribution is 2.29. The summed E-state index contributed by atoms with van der Waals surface area (Å²) in [6, 6.07) is 19.5. The first-order chi connectivity index (χ1) is 17.1. The maximum absolute atomic E-state index is 12.6. The maximum atomic E-state index is 12.6. The topological polar surface area (TPSA) is 89.5 Å². The highest BCUT2D eigenvalue weighted by molar-refractivity contribution is 7.22. The Morgan fingerprint density at radius 1 is 0.771 bits per heavy atom. The van der Waals surface area contributed by atoms with E-state index in [0.717, 1.165) is 34.6 Å². The van der Waals surface area contributed by atoms with Crippen molar-refractivity contribution in [2.45, 2.75) is 26.7 Å². The standard InChI is InChI=1S/C27H27N3O4S/c1-3-15-33-21-10-5-18(6-11-21)25(31)28-20-9-14-23-24(17-20)35-27(29-23)30-26(32)19-7-12-22(13-8-19)34-16-4-2/h5-14,17H,3-4,15-16H2,1-2H3,(H,28,31)(H,29,30,32). The molecule has 7 nitrogen and oxygen atoms in total. The SMILES string of the molecule is CCCOc1ccc(C(=O)Nc2ccc3nc(NC(=O)c4ccc(OCCC)cc4)sc3c2)cc1. The number of anilines is 2. The Hall–Kier alpha value is -3.91. The van der Waals surface area contributed by atoms with Crippen LogP contribution in [-0.4, -0.2) is 30.0 Å². The fraction of sp³-hybridized carbons (Fsp3) is 0.222. The fourth-order valence-electron chi connectivity index (χ4n) is 3.27. The van der Waals surface area contributed by atoms with E-state index in [1.54, 1.807) is 54.6 Å². The molecule has 1 aromatic heterocycles. The molecule has 0 saturated heterocycles. The summed E-state index contributed by atoms with van der Waals surface area (Å²) in [5, 5.41) is 6.24. The Kier molecular flexibility index (Phi) is 7.95. The Balaban J connectivity index is 1.39. The first kappa shape index (κ1) is 24.2. The van der Waals surface area contributed by atoms with E-state index >= 15 is 0 Å². The molecule has 1 heterocycles. The average Bonchev–Trinajstić information content (AvgIpc) is 3.28. The first-order valence-electron chi connectivity index (χ1n) is 11.5. The van der Waals surface area contributed by atoms with Gasteiger partial charge in [0.1, 0.15) is 11.5 Å². The molecule has 0 radical (unpaired) electrons. The van der Waals surface area contributed by atoms with E-state index in [-0.39, 0.29) is 11.8 Å². The van der Waals surface area contributed by atoms with Crippen LogP contribution in [0.1, 0.15) is 47.4 Å². The Morgan fingerprint density at radius 3 is 1.86 bits per heavy atom. The van der Waals surface area contributed by atoms with Crippen LogP contribution in [0, 0.1) is 0 Å². The van der Waals surface area contributed by atoms with Gasteiger partial charge in [0.15, 0.2) is 5.13 Å². The number of thiazole rings is 1.